The second kappa shape index (κ2) is 5.48. The molecule has 0 N–H and O–H groups in total. The monoisotopic (exact) mass is 94.1 g/mol. The fourth-order valence-electron chi connectivity index (χ4n) is 0.324. The number of hydrogen-bond acceptors (Lipinski definition) is 0. The molecule has 0 aromatic carbocycles. The van der Waals surface area contributed by atoms with E-state index in [0.717, 1.165) is 12.8 Å². The van der Waals surface area contributed by atoms with Crippen LogP contribution < -0.4 is 0 Å². The second-order valence-corrected chi connectivity index (χ2v) is 1.31. The van der Waals surface area contributed by atoms with Crippen LogP contribution in [0, 0.1) is 12.7 Å². The maximum Gasteiger partial charge on any atom is -0.0310 e. The van der Waals surface area contributed by atoms with Crippen LogP contribution in [0.15, 0.2) is 12.2 Å². The van der Waals surface area contributed by atoms with Gasteiger partial charge in [0, 0.05) is 0 Å². The van der Waals surface area contributed by atoms with Crippen molar-refractivity contribution in [3.8, 4) is 0 Å². The van der Waals surface area contributed by atoms with E-state index in [1.807, 2.05) is 13.0 Å². The molecule has 38 valence electrons. The van der Waals surface area contributed by atoms with Crippen LogP contribution in [-0.4, -0.2) is 0 Å². The summed E-state index contributed by atoms with van der Waals surface area (Å²) >= 11 is 0. The van der Waals surface area contributed by atoms with Crippen molar-refractivity contribution in [2.45, 2.75) is 19.8 Å². The van der Waals surface area contributed by atoms with Gasteiger partial charge in [0.2, 0.25) is 0 Å². The van der Waals surface area contributed by atoms with Gasteiger partial charge in [-0.1, -0.05) is 24.8 Å². The van der Waals surface area contributed by atoms with Crippen molar-refractivity contribution in [2.24, 2.45) is 0 Å². The average molecular weight is 94.2 g/mol. The Balaban J connectivity index is 2.82. The summed E-state index contributed by atoms with van der Waals surface area (Å²) in [5, 5.41) is 0. The van der Waals surface area contributed by atoms with Gasteiger partial charge in [-0.15, -0.1) is 0 Å². The first-order chi connectivity index (χ1) is 3.41. The van der Waals surface area contributed by atoms with Gasteiger partial charge in [-0.3, -0.25) is 0 Å². The molecule has 0 saturated heterocycles. The smallest absolute Gasteiger partial charge is 0.0310 e. The van der Waals surface area contributed by atoms with Gasteiger partial charge in [0.25, 0.3) is 0 Å². The van der Waals surface area contributed by atoms with Crippen LogP contribution in [0.5, 0.6) is 0 Å². The van der Waals surface area contributed by atoms with Crippen molar-refractivity contribution < 1.29 is 0 Å². The van der Waals surface area contributed by atoms with E-state index in [2.05, 4.69) is 6.08 Å². The molecule has 0 amide bonds. The Bertz CT molecular complexity index is 60.4. The maximum atomic E-state index is 5.10. The minimum atomic E-state index is 0.959. The van der Waals surface area contributed by atoms with E-state index < -0.39 is 0 Å². The van der Waals surface area contributed by atoms with Crippen LogP contribution in [-0.2, 0) is 0 Å². The lowest BCUT2D eigenvalue weighted by Crippen LogP contribution is -1.59. The van der Waals surface area contributed by atoms with E-state index in [0.29, 0.717) is 0 Å². The molecule has 0 spiro atoms. The van der Waals surface area contributed by atoms with Gasteiger partial charge in [-0.2, -0.15) is 0 Å². The molecular formula is C7H10. The first-order valence-electron chi connectivity index (χ1n) is 2.44. The highest BCUT2D eigenvalue weighted by Crippen LogP contribution is 1.88. The predicted molar refractivity (Wildman–Crippen MR) is 31.6 cm³/mol. The van der Waals surface area contributed by atoms with E-state index in [-0.39, 0.29) is 0 Å². The first kappa shape index (κ1) is 6.48. The van der Waals surface area contributed by atoms with E-state index in [1.165, 1.54) is 0 Å². The normalized spacial score (nSPS) is 9.86. The third kappa shape index (κ3) is 5.48. The zero-order valence-corrected chi connectivity index (χ0v) is 4.65. The zero-order valence-electron chi connectivity index (χ0n) is 4.65. The summed E-state index contributed by atoms with van der Waals surface area (Å²) in [6, 6.07) is 0. The molecule has 7 heavy (non-hydrogen) atoms. The molecule has 0 atom stereocenters. The van der Waals surface area contributed by atoms with Crippen molar-refractivity contribution in [3.63, 3.8) is 0 Å². The molecule has 0 heterocycles. The molecule has 0 saturated carbocycles. The van der Waals surface area contributed by atoms with Gasteiger partial charge in [-0.25, -0.2) is 0 Å². The van der Waals surface area contributed by atoms with Crippen LogP contribution >= 0.6 is 0 Å². The van der Waals surface area contributed by atoms with Gasteiger partial charge in [0.05, 0.1) is 0 Å². The summed E-state index contributed by atoms with van der Waals surface area (Å²) in [7, 11) is 0. The number of hydrogen-bond donors (Lipinski definition) is 0. The molecule has 0 nitrogen and oxygen atoms in total. The van der Waals surface area contributed by atoms with Crippen LogP contribution in [0.3, 0.4) is 0 Å². The van der Waals surface area contributed by atoms with Crippen molar-refractivity contribution in [2.75, 3.05) is 0 Å². The highest BCUT2D eigenvalue weighted by atomic mass is 13.7. The SMILES string of the molecule is [CH]=CCC/C=[C]/C. The summed E-state index contributed by atoms with van der Waals surface area (Å²) in [4.78, 5) is 0. The first-order valence-corrected chi connectivity index (χ1v) is 2.44. The molecule has 0 aromatic rings. The Labute approximate surface area is 45.5 Å². The Morgan fingerprint density at radius 3 is 2.71 bits per heavy atom. The van der Waals surface area contributed by atoms with E-state index >= 15 is 0 Å². The molecule has 0 unspecified atom stereocenters. The van der Waals surface area contributed by atoms with Crippen LogP contribution in [0.4, 0.5) is 0 Å². The lowest BCUT2D eigenvalue weighted by Gasteiger charge is -1.78. The van der Waals surface area contributed by atoms with Crippen molar-refractivity contribution in [1.29, 1.82) is 0 Å². The van der Waals surface area contributed by atoms with Crippen LogP contribution in [0.25, 0.3) is 0 Å². The van der Waals surface area contributed by atoms with Crippen molar-refractivity contribution in [1.82, 2.24) is 0 Å². The lowest BCUT2D eigenvalue weighted by atomic mass is 10.3. The molecular weight excluding hydrogens is 84.1 g/mol. The standard InChI is InChI=1S/C7H10/c1-3-5-7-6-4-2/h1,3,6H,5,7H2,2H3. The summed E-state index contributed by atoms with van der Waals surface area (Å²) in [5.41, 5.74) is 0. The third-order valence-electron chi connectivity index (χ3n) is 0.682. The Morgan fingerprint density at radius 2 is 2.29 bits per heavy atom. The lowest BCUT2D eigenvalue weighted by molar-refractivity contribution is 1.05. The van der Waals surface area contributed by atoms with Gasteiger partial charge >= 0.3 is 0 Å². The fourth-order valence-corrected chi connectivity index (χ4v) is 0.324. The van der Waals surface area contributed by atoms with Gasteiger partial charge in [0.15, 0.2) is 0 Å². The minimum absolute atomic E-state index is 0.959. The predicted octanol–water partition coefficient (Wildman–Crippen LogP) is 2.14. The summed E-state index contributed by atoms with van der Waals surface area (Å²) in [6.07, 6.45) is 8.52. The minimum Gasteiger partial charge on any atom is -0.0842 e. The number of unbranched alkanes of at least 4 members (excludes halogenated alkanes) is 1. The number of rotatable bonds is 3. The zero-order chi connectivity index (χ0) is 5.54. The molecule has 2 radical (unpaired) electrons. The van der Waals surface area contributed by atoms with Crippen molar-refractivity contribution in [3.05, 3.63) is 24.8 Å². The van der Waals surface area contributed by atoms with Crippen LogP contribution in [0.2, 0.25) is 0 Å². The number of allylic oxidation sites excluding steroid dienone is 3. The molecule has 0 bridgehead atoms. The maximum absolute atomic E-state index is 5.10. The van der Waals surface area contributed by atoms with Gasteiger partial charge < -0.3 is 0 Å². The average Bonchev–Trinajstić information content (AvgIpc) is 1.69. The highest BCUT2D eigenvalue weighted by molar-refractivity contribution is 4.74. The third-order valence-corrected chi connectivity index (χ3v) is 0.682. The largest absolute Gasteiger partial charge is 0.0842 e. The molecule has 0 rings (SSSR count). The topological polar surface area (TPSA) is 0 Å². The van der Waals surface area contributed by atoms with Crippen LogP contribution in [0.1, 0.15) is 19.8 Å². The summed E-state index contributed by atoms with van der Waals surface area (Å²) in [6.45, 7) is 6.98. The van der Waals surface area contributed by atoms with Crippen molar-refractivity contribution >= 4 is 0 Å². The molecule has 0 aliphatic heterocycles. The van der Waals surface area contributed by atoms with Gasteiger partial charge in [0.1, 0.15) is 0 Å². The fraction of sp³-hybridized carbons (Fsp3) is 0.429. The molecule has 0 aliphatic rings. The quantitative estimate of drug-likeness (QED) is 0.470. The highest BCUT2D eigenvalue weighted by Gasteiger charge is 1.69. The Kier molecular flexibility index (Phi) is 5.07. The summed E-state index contributed by atoms with van der Waals surface area (Å²) < 4.78 is 0. The van der Waals surface area contributed by atoms with Gasteiger partial charge in [-0.05, 0) is 19.8 Å². The molecule has 0 aromatic heterocycles. The molecule has 0 aliphatic carbocycles. The Hall–Kier alpha value is -0.520. The van der Waals surface area contributed by atoms with E-state index in [9.17, 15) is 0 Å². The van der Waals surface area contributed by atoms with E-state index in [4.69, 9.17) is 6.58 Å². The second-order valence-electron chi connectivity index (χ2n) is 1.31. The molecule has 0 fully saturated rings. The molecule has 0 heteroatoms. The summed E-state index contributed by atoms with van der Waals surface area (Å²) in [5.74, 6) is 0. The van der Waals surface area contributed by atoms with E-state index in [1.54, 1.807) is 6.08 Å². The Morgan fingerprint density at radius 1 is 1.57 bits per heavy atom.